The van der Waals surface area contributed by atoms with E-state index >= 15 is 0 Å². The van der Waals surface area contributed by atoms with E-state index < -0.39 is 10.5 Å². The summed E-state index contributed by atoms with van der Waals surface area (Å²) in [4.78, 5) is 9.45. The molecule has 0 aromatic carbocycles. The first-order chi connectivity index (χ1) is 5.04. The van der Waals surface area contributed by atoms with Crippen molar-refractivity contribution in [3.8, 4) is 0 Å². The number of rotatable bonds is 4. The Balaban J connectivity index is 4.17. The smallest absolute Gasteiger partial charge is 0.233 e. The number of nitrogens with zero attached hydrogens (tertiary/aromatic N) is 1. The van der Waals surface area contributed by atoms with Gasteiger partial charge in [0.1, 0.15) is 0 Å². The Hall–Kier alpha value is -0.900. The van der Waals surface area contributed by atoms with E-state index in [-0.39, 0.29) is 0 Å². The summed E-state index contributed by atoms with van der Waals surface area (Å²) in [5.41, 5.74) is -0.507. The van der Waals surface area contributed by atoms with Crippen LogP contribution in [0.4, 0.5) is 0 Å². The lowest BCUT2D eigenvalue weighted by molar-refractivity contribution is -0.403. The van der Waals surface area contributed by atoms with Gasteiger partial charge in [0.05, 0.1) is 10.5 Å². The van der Waals surface area contributed by atoms with Gasteiger partial charge < -0.3 is 4.74 Å². The fraction of sp³-hybridized carbons (Fsp3) is 0.714. The molecule has 4 nitrogen and oxygen atoms in total. The van der Waals surface area contributed by atoms with E-state index in [2.05, 4.69) is 0 Å². The second-order valence-electron chi connectivity index (χ2n) is 2.47. The number of methoxy groups -OCH3 is 1. The maximum atomic E-state index is 9.94. The molecule has 0 heterocycles. The van der Waals surface area contributed by atoms with Crippen LogP contribution >= 0.6 is 0 Å². The molecular formula is C7H13NO3. The minimum absolute atomic E-state index is 0.493. The highest BCUT2D eigenvalue weighted by molar-refractivity contribution is 4.94. The number of nitro groups is 1. The number of hydrogen-bond acceptors (Lipinski definition) is 3. The van der Waals surface area contributed by atoms with E-state index in [1.165, 1.54) is 13.2 Å². The lowest BCUT2D eigenvalue weighted by atomic mass is 10.0. The van der Waals surface area contributed by atoms with Crippen LogP contribution < -0.4 is 0 Å². The standard InChI is InChI=1S/C7H13NO3/c1-4-7(2,11-3)5-6-8(9)10/h5-6H,4H2,1-3H3/b6-5+. The zero-order valence-electron chi connectivity index (χ0n) is 7.03. The van der Waals surface area contributed by atoms with Crippen molar-refractivity contribution < 1.29 is 9.66 Å². The summed E-state index contributed by atoms with van der Waals surface area (Å²) in [7, 11) is 1.54. The van der Waals surface area contributed by atoms with Crippen molar-refractivity contribution in [1.82, 2.24) is 0 Å². The highest BCUT2D eigenvalue weighted by Gasteiger charge is 2.17. The first-order valence-electron chi connectivity index (χ1n) is 3.42. The van der Waals surface area contributed by atoms with Gasteiger partial charge in [0.15, 0.2) is 0 Å². The lowest BCUT2D eigenvalue weighted by Gasteiger charge is -2.20. The largest absolute Gasteiger partial charge is 0.374 e. The Morgan fingerprint density at radius 2 is 2.27 bits per heavy atom. The fourth-order valence-corrected chi connectivity index (χ4v) is 0.549. The zero-order chi connectivity index (χ0) is 8.91. The SMILES string of the molecule is CCC(C)(/C=C/[N+](=O)[O-])OC. The van der Waals surface area contributed by atoms with Crippen LogP contribution in [-0.4, -0.2) is 17.6 Å². The Bertz CT molecular complexity index is 161. The average molecular weight is 159 g/mol. The summed E-state index contributed by atoms with van der Waals surface area (Å²) in [6, 6.07) is 0. The Morgan fingerprint density at radius 1 is 1.73 bits per heavy atom. The normalized spacial score (nSPS) is 16.6. The molecule has 0 aromatic rings. The van der Waals surface area contributed by atoms with Crippen LogP contribution in [0.25, 0.3) is 0 Å². The monoisotopic (exact) mass is 159 g/mol. The quantitative estimate of drug-likeness (QED) is 0.462. The van der Waals surface area contributed by atoms with Crippen LogP contribution in [0.2, 0.25) is 0 Å². The highest BCUT2D eigenvalue weighted by Crippen LogP contribution is 2.14. The molecule has 0 aliphatic carbocycles. The van der Waals surface area contributed by atoms with E-state index in [0.29, 0.717) is 6.42 Å². The molecule has 0 amide bonds. The molecule has 0 N–H and O–H groups in total. The summed E-state index contributed by atoms with van der Waals surface area (Å²) in [5, 5.41) is 9.94. The third kappa shape index (κ3) is 3.72. The van der Waals surface area contributed by atoms with Crippen molar-refractivity contribution in [1.29, 1.82) is 0 Å². The maximum Gasteiger partial charge on any atom is 0.233 e. The molecule has 4 heteroatoms. The molecule has 64 valence electrons. The van der Waals surface area contributed by atoms with Crippen LogP contribution in [-0.2, 0) is 4.74 Å². The minimum atomic E-state index is -0.507. The Morgan fingerprint density at radius 3 is 2.55 bits per heavy atom. The molecule has 0 aromatic heterocycles. The summed E-state index contributed by atoms with van der Waals surface area (Å²) in [6.07, 6.45) is 3.08. The van der Waals surface area contributed by atoms with E-state index in [1.54, 1.807) is 6.92 Å². The summed E-state index contributed by atoms with van der Waals surface area (Å²) >= 11 is 0. The van der Waals surface area contributed by atoms with E-state index in [4.69, 9.17) is 4.74 Å². The fourth-order valence-electron chi connectivity index (χ4n) is 0.549. The van der Waals surface area contributed by atoms with Crippen LogP contribution in [0.3, 0.4) is 0 Å². The first-order valence-corrected chi connectivity index (χ1v) is 3.42. The molecule has 0 spiro atoms. The van der Waals surface area contributed by atoms with Gasteiger partial charge in [-0.1, -0.05) is 6.92 Å². The molecule has 0 rings (SSSR count). The Labute approximate surface area is 66.0 Å². The molecule has 1 unspecified atom stereocenters. The van der Waals surface area contributed by atoms with Crippen molar-refractivity contribution in [3.05, 3.63) is 22.4 Å². The molecule has 0 aliphatic rings. The Kier molecular flexibility index (Phi) is 3.74. The second kappa shape index (κ2) is 4.08. The second-order valence-corrected chi connectivity index (χ2v) is 2.47. The van der Waals surface area contributed by atoms with Crippen LogP contribution in [0.5, 0.6) is 0 Å². The summed E-state index contributed by atoms with van der Waals surface area (Å²) < 4.78 is 5.05. The van der Waals surface area contributed by atoms with Crippen molar-refractivity contribution in [2.45, 2.75) is 25.9 Å². The predicted molar refractivity (Wildman–Crippen MR) is 41.8 cm³/mol. The summed E-state index contributed by atoms with van der Waals surface area (Å²) in [5.74, 6) is 0. The molecule has 0 fully saturated rings. The molecular weight excluding hydrogens is 146 g/mol. The highest BCUT2D eigenvalue weighted by atomic mass is 16.6. The first kappa shape index (κ1) is 10.1. The summed E-state index contributed by atoms with van der Waals surface area (Å²) in [6.45, 7) is 3.71. The minimum Gasteiger partial charge on any atom is -0.374 e. The van der Waals surface area contributed by atoms with Crippen LogP contribution in [0.1, 0.15) is 20.3 Å². The van der Waals surface area contributed by atoms with Gasteiger partial charge >= 0.3 is 0 Å². The lowest BCUT2D eigenvalue weighted by Crippen LogP contribution is -2.23. The van der Waals surface area contributed by atoms with Gasteiger partial charge in [-0.2, -0.15) is 0 Å². The van der Waals surface area contributed by atoms with Gasteiger partial charge in [-0.05, 0) is 13.3 Å². The van der Waals surface area contributed by atoms with Crippen molar-refractivity contribution in [3.63, 3.8) is 0 Å². The molecule has 0 saturated heterocycles. The molecule has 11 heavy (non-hydrogen) atoms. The average Bonchev–Trinajstić information content (AvgIpc) is 2.00. The molecule has 0 aliphatic heterocycles. The predicted octanol–water partition coefficient (Wildman–Crippen LogP) is 1.59. The van der Waals surface area contributed by atoms with Crippen molar-refractivity contribution in [2.24, 2.45) is 0 Å². The maximum absolute atomic E-state index is 9.94. The molecule has 1 atom stereocenters. The topological polar surface area (TPSA) is 52.4 Å². The van der Waals surface area contributed by atoms with Crippen molar-refractivity contribution in [2.75, 3.05) is 7.11 Å². The molecule has 0 radical (unpaired) electrons. The third-order valence-corrected chi connectivity index (χ3v) is 1.72. The third-order valence-electron chi connectivity index (χ3n) is 1.72. The van der Waals surface area contributed by atoms with Gasteiger partial charge in [0.25, 0.3) is 0 Å². The molecule has 0 saturated carbocycles. The van der Waals surface area contributed by atoms with Crippen LogP contribution in [0, 0.1) is 10.1 Å². The van der Waals surface area contributed by atoms with E-state index in [1.807, 2.05) is 6.92 Å². The number of ether oxygens (including phenoxy) is 1. The van der Waals surface area contributed by atoms with Gasteiger partial charge in [-0.25, -0.2) is 0 Å². The van der Waals surface area contributed by atoms with E-state index in [9.17, 15) is 10.1 Å². The van der Waals surface area contributed by atoms with Gasteiger partial charge in [-0.3, -0.25) is 10.1 Å². The van der Waals surface area contributed by atoms with Gasteiger partial charge in [0, 0.05) is 13.2 Å². The molecule has 0 bridgehead atoms. The van der Waals surface area contributed by atoms with Gasteiger partial charge in [-0.15, -0.1) is 0 Å². The van der Waals surface area contributed by atoms with Crippen LogP contribution in [0.15, 0.2) is 12.3 Å². The number of hydrogen-bond donors (Lipinski definition) is 0. The van der Waals surface area contributed by atoms with Crippen molar-refractivity contribution >= 4 is 0 Å². The van der Waals surface area contributed by atoms with E-state index in [0.717, 1.165) is 6.20 Å². The zero-order valence-corrected chi connectivity index (χ0v) is 7.03. The van der Waals surface area contributed by atoms with Gasteiger partial charge in [0.2, 0.25) is 6.20 Å².